The fourth-order valence-corrected chi connectivity index (χ4v) is 2.11. The number of nitrogens with zero attached hydrogens (tertiary/aromatic N) is 1. The quantitative estimate of drug-likeness (QED) is 0.912. The van der Waals surface area contributed by atoms with Crippen molar-refractivity contribution in [1.82, 2.24) is 5.32 Å². The molecule has 1 aromatic carbocycles. The van der Waals surface area contributed by atoms with Crippen LogP contribution in [0.1, 0.15) is 25.5 Å². The Labute approximate surface area is 99.4 Å². The van der Waals surface area contributed by atoms with Gasteiger partial charge in [-0.05, 0) is 38.6 Å². The molecule has 0 radical (unpaired) electrons. The summed E-state index contributed by atoms with van der Waals surface area (Å²) in [5, 5.41) is 12.3. The number of benzene rings is 1. The van der Waals surface area contributed by atoms with E-state index in [0.29, 0.717) is 0 Å². The molecular formula is C12H15BrN2. The molecule has 0 aromatic heterocycles. The van der Waals surface area contributed by atoms with Crippen LogP contribution < -0.4 is 5.32 Å². The van der Waals surface area contributed by atoms with Crippen LogP contribution >= 0.6 is 15.9 Å². The predicted octanol–water partition coefficient (Wildman–Crippen LogP) is 3.26. The van der Waals surface area contributed by atoms with Gasteiger partial charge in [0, 0.05) is 4.47 Å². The van der Waals surface area contributed by atoms with E-state index in [1.54, 1.807) is 0 Å². The lowest BCUT2D eigenvalue weighted by Crippen LogP contribution is -2.30. The summed E-state index contributed by atoms with van der Waals surface area (Å²) in [5.41, 5.74) is 0.702. The largest absolute Gasteiger partial charge is 0.312 e. The lowest BCUT2D eigenvalue weighted by atomic mass is 9.82. The number of nitriles is 1. The summed E-state index contributed by atoms with van der Waals surface area (Å²) in [5.74, 6) is 0. The average Bonchev–Trinajstić information content (AvgIpc) is 2.18. The first kappa shape index (κ1) is 12.2. The second-order valence-corrected chi connectivity index (χ2v) is 5.03. The summed E-state index contributed by atoms with van der Waals surface area (Å²) < 4.78 is 1.04. The minimum absolute atomic E-state index is 0.0417. The number of halogens is 1. The van der Waals surface area contributed by atoms with E-state index >= 15 is 0 Å². The Balaban J connectivity index is 3.09. The Morgan fingerprint density at radius 1 is 1.47 bits per heavy atom. The van der Waals surface area contributed by atoms with Crippen LogP contribution in [0.25, 0.3) is 0 Å². The molecule has 0 aliphatic heterocycles. The lowest BCUT2D eigenvalue weighted by Gasteiger charge is -2.28. The topological polar surface area (TPSA) is 35.8 Å². The normalized spacial score (nSPS) is 13.3. The van der Waals surface area contributed by atoms with Crippen molar-refractivity contribution < 1.29 is 0 Å². The predicted molar refractivity (Wildman–Crippen MR) is 65.3 cm³/mol. The molecule has 3 heteroatoms. The Kier molecular flexibility index (Phi) is 3.90. The molecule has 0 spiro atoms. The van der Waals surface area contributed by atoms with Crippen LogP contribution in [0.3, 0.4) is 0 Å². The summed E-state index contributed by atoms with van der Waals surface area (Å²) in [6.45, 7) is 3.88. The van der Waals surface area contributed by atoms with Crippen molar-refractivity contribution in [2.24, 2.45) is 5.41 Å². The van der Waals surface area contributed by atoms with Gasteiger partial charge in [-0.1, -0.05) is 28.1 Å². The summed E-state index contributed by atoms with van der Waals surface area (Å²) in [6.07, 6.45) is 0. The molecular weight excluding hydrogens is 252 g/mol. The van der Waals surface area contributed by atoms with Crippen LogP contribution in [0.2, 0.25) is 0 Å². The first-order chi connectivity index (χ1) is 7.01. The maximum absolute atomic E-state index is 9.12. The Hall–Kier alpha value is -0.850. The highest BCUT2D eigenvalue weighted by atomic mass is 79.9. The van der Waals surface area contributed by atoms with Crippen molar-refractivity contribution in [2.45, 2.75) is 19.9 Å². The van der Waals surface area contributed by atoms with Crippen molar-refractivity contribution in [2.75, 3.05) is 7.05 Å². The Morgan fingerprint density at radius 3 is 2.60 bits per heavy atom. The van der Waals surface area contributed by atoms with E-state index in [4.69, 9.17) is 5.26 Å². The van der Waals surface area contributed by atoms with Crippen LogP contribution in [0.15, 0.2) is 28.7 Å². The molecule has 0 bridgehead atoms. The Morgan fingerprint density at radius 2 is 2.13 bits per heavy atom. The van der Waals surface area contributed by atoms with Gasteiger partial charge in [0.15, 0.2) is 0 Å². The summed E-state index contributed by atoms with van der Waals surface area (Å²) >= 11 is 3.44. The van der Waals surface area contributed by atoms with Crippen LogP contribution in [-0.2, 0) is 0 Å². The number of hydrogen-bond acceptors (Lipinski definition) is 2. The van der Waals surface area contributed by atoms with E-state index in [1.165, 1.54) is 0 Å². The average molecular weight is 267 g/mol. The third kappa shape index (κ3) is 2.80. The van der Waals surface area contributed by atoms with Gasteiger partial charge in [0.05, 0.1) is 17.5 Å². The molecule has 1 rings (SSSR count). The monoisotopic (exact) mass is 266 g/mol. The second kappa shape index (κ2) is 4.78. The van der Waals surface area contributed by atoms with E-state index in [0.717, 1.165) is 10.0 Å². The van der Waals surface area contributed by atoms with Crippen LogP contribution in [0.5, 0.6) is 0 Å². The molecule has 0 saturated heterocycles. The molecule has 0 aliphatic rings. The maximum Gasteiger partial charge on any atom is 0.0712 e. The van der Waals surface area contributed by atoms with Gasteiger partial charge in [-0.3, -0.25) is 0 Å². The van der Waals surface area contributed by atoms with Crippen molar-refractivity contribution in [3.05, 3.63) is 34.3 Å². The summed E-state index contributed by atoms with van der Waals surface area (Å²) in [7, 11) is 1.88. The number of hydrogen-bond donors (Lipinski definition) is 1. The standard InChI is InChI=1S/C12H15BrN2/c1-12(2,8-14)11(15-3)9-5-4-6-10(13)7-9/h4-7,11,15H,1-3H3. The second-order valence-electron chi connectivity index (χ2n) is 4.11. The van der Waals surface area contributed by atoms with E-state index in [2.05, 4.69) is 27.3 Å². The molecule has 1 N–H and O–H groups in total. The lowest BCUT2D eigenvalue weighted by molar-refractivity contribution is 0.344. The fraction of sp³-hybridized carbons (Fsp3) is 0.417. The molecule has 80 valence electrons. The molecule has 2 nitrogen and oxygen atoms in total. The maximum atomic E-state index is 9.12. The zero-order valence-electron chi connectivity index (χ0n) is 9.21. The highest BCUT2D eigenvalue weighted by molar-refractivity contribution is 9.10. The van der Waals surface area contributed by atoms with Crippen molar-refractivity contribution in [3.63, 3.8) is 0 Å². The first-order valence-corrected chi connectivity index (χ1v) is 5.64. The molecule has 0 aliphatic carbocycles. The van der Waals surface area contributed by atoms with Gasteiger partial charge in [0.2, 0.25) is 0 Å². The zero-order chi connectivity index (χ0) is 11.5. The molecule has 1 unspecified atom stereocenters. The van der Waals surface area contributed by atoms with Gasteiger partial charge >= 0.3 is 0 Å². The molecule has 15 heavy (non-hydrogen) atoms. The minimum atomic E-state index is -0.421. The van der Waals surface area contributed by atoms with Crippen LogP contribution in [-0.4, -0.2) is 7.05 Å². The van der Waals surface area contributed by atoms with Crippen LogP contribution in [0.4, 0.5) is 0 Å². The van der Waals surface area contributed by atoms with E-state index in [-0.39, 0.29) is 6.04 Å². The van der Waals surface area contributed by atoms with Crippen molar-refractivity contribution in [1.29, 1.82) is 5.26 Å². The van der Waals surface area contributed by atoms with E-state index in [1.807, 2.05) is 45.2 Å². The Bertz CT molecular complexity index is 379. The molecule has 0 saturated carbocycles. The summed E-state index contributed by atoms with van der Waals surface area (Å²) in [6, 6.07) is 10.4. The van der Waals surface area contributed by atoms with Gasteiger partial charge in [-0.2, -0.15) is 5.26 Å². The first-order valence-electron chi connectivity index (χ1n) is 4.85. The van der Waals surface area contributed by atoms with Crippen molar-refractivity contribution in [3.8, 4) is 6.07 Å². The molecule has 0 heterocycles. The van der Waals surface area contributed by atoms with Gasteiger partial charge in [-0.25, -0.2) is 0 Å². The molecule has 1 atom stereocenters. The third-order valence-corrected chi connectivity index (χ3v) is 2.97. The van der Waals surface area contributed by atoms with Gasteiger partial charge < -0.3 is 5.32 Å². The highest BCUT2D eigenvalue weighted by Gasteiger charge is 2.29. The molecule has 0 fully saturated rings. The van der Waals surface area contributed by atoms with Gasteiger partial charge in [0.25, 0.3) is 0 Å². The SMILES string of the molecule is CNC(c1cccc(Br)c1)C(C)(C)C#N. The van der Waals surface area contributed by atoms with E-state index in [9.17, 15) is 0 Å². The van der Waals surface area contributed by atoms with E-state index < -0.39 is 5.41 Å². The molecule has 0 amide bonds. The van der Waals surface area contributed by atoms with Crippen molar-refractivity contribution >= 4 is 15.9 Å². The minimum Gasteiger partial charge on any atom is -0.312 e. The molecule has 1 aromatic rings. The number of nitrogens with one attached hydrogen (secondary N) is 1. The summed E-state index contributed by atoms with van der Waals surface area (Å²) in [4.78, 5) is 0. The highest BCUT2D eigenvalue weighted by Crippen LogP contribution is 2.33. The van der Waals surface area contributed by atoms with Gasteiger partial charge in [0.1, 0.15) is 0 Å². The zero-order valence-corrected chi connectivity index (χ0v) is 10.8. The van der Waals surface area contributed by atoms with Gasteiger partial charge in [-0.15, -0.1) is 0 Å². The number of rotatable bonds is 3. The smallest absolute Gasteiger partial charge is 0.0712 e. The third-order valence-electron chi connectivity index (χ3n) is 2.48. The van der Waals surface area contributed by atoms with Crippen LogP contribution in [0, 0.1) is 16.7 Å². The fourth-order valence-electron chi connectivity index (χ4n) is 1.69.